The van der Waals surface area contributed by atoms with E-state index in [2.05, 4.69) is 17.2 Å². The molecule has 0 bridgehead atoms. The molecule has 0 aliphatic carbocycles. The Balaban J connectivity index is 1.69. The largest absolute Gasteiger partial charge is 0.491 e. The van der Waals surface area contributed by atoms with E-state index in [1.165, 1.54) is 0 Å². The normalized spacial score (nSPS) is 10.6. The minimum absolute atomic E-state index is 0.440. The Hall–Kier alpha value is -2.62. The first-order chi connectivity index (χ1) is 9.86. The van der Waals surface area contributed by atoms with Crippen LogP contribution in [0.1, 0.15) is 10.5 Å². The predicted molar refractivity (Wildman–Crippen MR) is 77.1 cm³/mol. The highest BCUT2D eigenvalue weighted by molar-refractivity contribution is 5.88. The van der Waals surface area contributed by atoms with Crippen molar-refractivity contribution in [1.82, 2.24) is 9.78 Å². The van der Waals surface area contributed by atoms with Gasteiger partial charge in [0.15, 0.2) is 6.29 Å². The first-order valence-corrected chi connectivity index (χ1v) is 6.46. The predicted octanol–water partition coefficient (Wildman–Crippen LogP) is 2.93. The van der Waals surface area contributed by atoms with Gasteiger partial charge in [-0.15, -0.1) is 0 Å². The van der Waals surface area contributed by atoms with Crippen LogP contribution in [0.15, 0.2) is 54.7 Å². The van der Waals surface area contributed by atoms with E-state index in [0.717, 1.165) is 22.8 Å². The van der Waals surface area contributed by atoms with Crippen molar-refractivity contribution in [3.8, 4) is 5.75 Å². The quantitative estimate of drug-likeness (QED) is 0.667. The van der Waals surface area contributed by atoms with E-state index in [1.54, 1.807) is 16.9 Å². The Bertz CT molecular complexity index is 729. The van der Waals surface area contributed by atoms with E-state index in [0.29, 0.717) is 18.8 Å². The Morgan fingerprint density at radius 2 is 1.95 bits per heavy atom. The molecule has 0 saturated heterocycles. The molecule has 0 aliphatic heterocycles. The number of aromatic nitrogens is 2. The van der Waals surface area contributed by atoms with Gasteiger partial charge in [-0.25, -0.2) is 0 Å². The van der Waals surface area contributed by atoms with Crippen molar-refractivity contribution in [2.45, 2.75) is 6.54 Å². The van der Waals surface area contributed by atoms with Gasteiger partial charge < -0.3 is 4.74 Å². The number of benzene rings is 2. The second-order valence-corrected chi connectivity index (χ2v) is 4.45. The Labute approximate surface area is 116 Å². The van der Waals surface area contributed by atoms with E-state index in [4.69, 9.17) is 4.74 Å². The fourth-order valence-corrected chi connectivity index (χ4v) is 2.14. The summed E-state index contributed by atoms with van der Waals surface area (Å²) in [6.45, 7) is 1.12. The molecule has 0 saturated carbocycles. The third-order valence-corrected chi connectivity index (χ3v) is 3.11. The summed E-state index contributed by atoms with van der Waals surface area (Å²) in [6.07, 6.45) is 2.51. The van der Waals surface area contributed by atoms with Gasteiger partial charge in [-0.2, -0.15) is 5.10 Å². The maximum Gasteiger partial charge on any atom is 0.170 e. The topological polar surface area (TPSA) is 44.1 Å². The highest BCUT2D eigenvalue weighted by atomic mass is 16.5. The number of rotatable bonds is 5. The molecule has 0 radical (unpaired) electrons. The van der Waals surface area contributed by atoms with Gasteiger partial charge in [-0.05, 0) is 17.5 Å². The molecular formula is C16H14N2O2. The van der Waals surface area contributed by atoms with Crippen molar-refractivity contribution in [2.24, 2.45) is 0 Å². The van der Waals surface area contributed by atoms with Crippen LogP contribution in [-0.2, 0) is 6.54 Å². The van der Waals surface area contributed by atoms with Gasteiger partial charge in [-0.3, -0.25) is 9.48 Å². The zero-order valence-electron chi connectivity index (χ0n) is 10.9. The maximum atomic E-state index is 10.6. The lowest BCUT2D eigenvalue weighted by atomic mass is 10.1. The van der Waals surface area contributed by atoms with Crippen LogP contribution in [0.3, 0.4) is 0 Å². The second-order valence-electron chi connectivity index (χ2n) is 4.45. The van der Waals surface area contributed by atoms with Crippen molar-refractivity contribution in [1.29, 1.82) is 0 Å². The van der Waals surface area contributed by atoms with Gasteiger partial charge >= 0.3 is 0 Å². The summed E-state index contributed by atoms with van der Waals surface area (Å²) in [5.74, 6) is 0.867. The minimum Gasteiger partial charge on any atom is -0.491 e. The number of aldehydes is 1. The van der Waals surface area contributed by atoms with Crippen molar-refractivity contribution in [3.05, 3.63) is 60.4 Å². The third kappa shape index (κ3) is 2.54. The molecule has 0 unspecified atom stereocenters. The number of hydrogen-bond donors (Lipinski definition) is 0. The molecule has 0 spiro atoms. The molecule has 2 aromatic carbocycles. The molecule has 0 aliphatic rings. The van der Waals surface area contributed by atoms with Crippen molar-refractivity contribution in [2.75, 3.05) is 6.61 Å². The fraction of sp³-hybridized carbons (Fsp3) is 0.125. The number of carbonyl (C=O) groups excluding carboxylic acids is 1. The number of fused-ring (bicyclic) bond motifs is 1. The van der Waals surface area contributed by atoms with Gasteiger partial charge in [0.25, 0.3) is 0 Å². The lowest BCUT2D eigenvalue weighted by Crippen LogP contribution is -2.09. The van der Waals surface area contributed by atoms with Crippen molar-refractivity contribution >= 4 is 17.1 Å². The van der Waals surface area contributed by atoms with E-state index >= 15 is 0 Å². The van der Waals surface area contributed by atoms with Crippen LogP contribution < -0.4 is 4.74 Å². The lowest BCUT2D eigenvalue weighted by molar-refractivity contribution is 0.111. The number of ether oxygens (including phenoxy) is 1. The van der Waals surface area contributed by atoms with Crippen molar-refractivity contribution in [3.63, 3.8) is 0 Å². The standard InChI is InChI=1S/C16H14N2O2/c19-12-14-8-9-18(17-14)10-11-20-16-7-3-5-13-4-1-2-6-15(13)16/h1-9,12H,10-11H2. The summed E-state index contributed by atoms with van der Waals surface area (Å²) in [4.78, 5) is 10.6. The monoisotopic (exact) mass is 266 g/mol. The van der Waals surface area contributed by atoms with Gasteiger partial charge in [-0.1, -0.05) is 36.4 Å². The zero-order chi connectivity index (χ0) is 13.8. The summed E-state index contributed by atoms with van der Waals surface area (Å²) in [7, 11) is 0. The molecule has 0 fully saturated rings. The Morgan fingerprint density at radius 1 is 1.10 bits per heavy atom. The van der Waals surface area contributed by atoms with E-state index in [9.17, 15) is 4.79 Å². The second kappa shape index (κ2) is 5.57. The van der Waals surface area contributed by atoms with Crippen LogP contribution in [0, 0.1) is 0 Å². The van der Waals surface area contributed by atoms with Gasteiger partial charge in [0, 0.05) is 11.6 Å². The average molecular weight is 266 g/mol. The van der Waals surface area contributed by atoms with Crippen LogP contribution >= 0.6 is 0 Å². The molecule has 1 aromatic heterocycles. The summed E-state index contributed by atoms with van der Waals surface area (Å²) in [6, 6.07) is 15.8. The molecular weight excluding hydrogens is 252 g/mol. The van der Waals surface area contributed by atoms with Crippen LogP contribution in [0.5, 0.6) is 5.75 Å². The fourth-order valence-electron chi connectivity index (χ4n) is 2.14. The summed E-state index contributed by atoms with van der Waals surface area (Å²) in [5, 5.41) is 6.35. The summed E-state index contributed by atoms with van der Waals surface area (Å²) >= 11 is 0. The zero-order valence-corrected chi connectivity index (χ0v) is 10.9. The minimum atomic E-state index is 0.440. The summed E-state index contributed by atoms with van der Waals surface area (Å²) in [5.41, 5.74) is 0.440. The SMILES string of the molecule is O=Cc1ccn(CCOc2cccc3ccccc23)n1. The summed E-state index contributed by atoms with van der Waals surface area (Å²) < 4.78 is 7.52. The molecule has 3 aromatic rings. The molecule has 100 valence electrons. The average Bonchev–Trinajstić information content (AvgIpc) is 2.95. The number of hydrogen-bond acceptors (Lipinski definition) is 3. The number of nitrogens with zero attached hydrogens (tertiary/aromatic N) is 2. The lowest BCUT2D eigenvalue weighted by Gasteiger charge is -2.09. The van der Waals surface area contributed by atoms with E-state index < -0.39 is 0 Å². The molecule has 1 heterocycles. The van der Waals surface area contributed by atoms with E-state index in [-0.39, 0.29) is 0 Å². The van der Waals surface area contributed by atoms with Crippen LogP contribution in [0.2, 0.25) is 0 Å². The molecule has 4 heteroatoms. The highest BCUT2D eigenvalue weighted by Gasteiger charge is 2.02. The molecule has 20 heavy (non-hydrogen) atoms. The molecule has 4 nitrogen and oxygen atoms in total. The third-order valence-electron chi connectivity index (χ3n) is 3.11. The van der Waals surface area contributed by atoms with Gasteiger partial charge in [0.1, 0.15) is 18.1 Å². The Morgan fingerprint density at radius 3 is 2.80 bits per heavy atom. The van der Waals surface area contributed by atoms with Crippen LogP contribution in [-0.4, -0.2) is 22.7 Å². The van der Waals surface area contributed by atoms with Gasteiger partial charge in [0.05, 0.1) is 6.54 Å². The van der Waals surface area contributed by atoms with Gasteiger partial charge in [0.2, 0.25) is 0 Å². The Kier molecular flexibility index (Phi) is 3.46. The highest BCUT2D eigenvalue weighted by Crippen LogP contribution is 2.24. The van der Waals surface area contributed by atoms with Crippen LogP contribution in [0.4, 0.5) is 0 Å². The first kappa shape index (κ1) is 12.4. The molecule has 0 N–H and O–H groups in total. The van der Waals surface area contributed by atoms with Crippen LogP contribution in [0.25, 0.3) is 10.8 Å². The molecule has 0 atom stereocenters. The van der Waals surface area contributed by atoms with E-state index in [1.807, 2.05) is 30.3 Å². The number of carbonyl (C=O) groups is 1. The smallest absolute Gasteiger partial charge is 0.170 e. The molecule has 3 rings (SSSR count). The molecule has 0 amide bonds. The first-order valence-electron chi connectivity index (χ1n) is 6.46. The maximum absolute atomic E-state index is 10.6. The van der Waals surface area contributed by atoms with Crippen molar-refractivity contribution < 1.29 is 9.53 Å².